The molecule has 0 aliphatic rings. The quantitative estimate of drug-likeness (QED) is 0.210. The average Bonchev–Trinajstić information content (AvgIpc) is 3.17. The number of hydrazone groups is 1. The van der Waals surface area contributed by atoms with E-state index in [0.717, 1.165) is 28.2 Å². The lowest BCUT2D eigenvalue weighted by atomic mass is 10.2. The number of anilines is 1. The number of nitrogens with one attached hydrogen (secondary N) is 1. The smallest absolute Gasteiger partial charge is 0.271 e. The van der Waals surface area contributed by atoms with Crippen LogP contribution in [0.5, 0.6) is 0 Å². The summed E-state index contributed by atoms with van der Waals surface area (Å²) in [5, 5.41) is 5.24. The minimum Gasteiger partial charge on any atom is -0.316 e. The first-order valence-electron chi connectivity index (χ1n) is 11.6. The molecule has 3 aromatic carbocycles. The van der Waals surface area contributed by atoms with Gasteiger partial charge in [-0.25, -0.2) is 13.8 Å². The minimum absolute atomic E-state index is 0.193. The van der Waals surface area contributed by atoms with Gasteiger partial charge >= 0.3 is 0 Å². The third-order valence-electron chi connectivity index (χ3n) is 6.16. The number of hydrogen-bond acceptors (Lipinski definition) is 4. The Bertz CT molecular complexity index is 1630. The van der Waals surface area contributed by atoms with E-state index in [1.165, 1.54) is 11.4 Å². The zero-order valence-electron chi connectivity index (χ0n) is 21.2. The van der Waals surface area contributed by atoms with Crippen LogP contribution in [0.4, 0.5) is 5.69 Å². The summed E-state index contributed by atoms with van der Waals surface area (Å²) >= 11 is 12.5. The van der Waals surface area contributed by atoms with E-state index in [4.69, 9.17) is 23.2 Å². The zero-order chi connectivity index (χ0) is 27.6. The average molecular weight is 570 g/mol. The Balaban J connectivity index is 1.46. The molecule has 0 saturated heterocycles. The summed E-state index contributed by atoms with van der Waals surface area (Å²) in [6.07, 6.45) is 1.56. The van der Waals surface area contributed by atoms with E-state index < -0.39 is 15.9 Å². The molecule has 0 fully saturated rings. The molecule has 1 amide bonds. The van der Waals surface area contributed by atoms with Gasteiger partial charge in [0.05, 0.1) is 27.5 Å². The summed E-state index contributed by atoms with van der Waals surface area (Å²) in [5.41, 5.74) is 7.62. The molecule has 1 N–H and O–H groups in total. The van der Waals surface area contributed by atoms with Gasteiger partial charge in [0.15, 0.2) is 0 Å². The van der Waals surface area contributed by atoms with Gasteiger partial charge in [-0.1, -0.05) is 40.9 Å². The highest BCUT2D eigenvalue weighted by Gasteiger charge is 2.21. The molecule has 1 aromatic heterocycles. The van der Waals surface area contributed by atoms with Crippen LogP contribution in [-0.4, -0.2) is 32.2 Å². The largest absolute Gasteiger partial charge is 0.316 e. The van der Waals surface area contributed by atoms with Gasteiger partial charge in [-0.15, -0.1) is 0 Å². The molecule has 0 unspecified atom stereocenters. The number of rotatable bonds is 7. The molecule has 10 heteroatoms. The molecule has 0 aliphatic carbocycles. The van der Waals surface area contributed by atoms with Crippen molar-refractivity contribution in [2.24, 2.45) is 5.10 Å². The Morgan fingerprint density at radius 2 is 1.61 bits per heavy atom. The van der Waals surface area contributed by atoms with Crippen LogP contribution in [0.1, 0.15) is 32.9 Å². The maximum absolute atomic E-state index is 12.9. The number of aromatic nitrogens is 1. The van der Waals surface area contributed by atoms with E-state index in [-0.39, 0.29) is 4.90 Å². The highest BCUT2D eigenvalue weighted by molar-refractivity contribution is 7.92. The third kappa shape index (κ3) is 5.62. The van der Waals surface area contributed by atoms with Crippen molar-refractivity contribution in [2.75, 3.05) is 11.4 Å². The number of halogens is 2. The number of carbonyl (C=O) groups excluding carboxylic acids is 1. The summed E-state index contributed by atoms with van der Waals surface area (Å²) in [4.78, 5) is 12.8. The fraction of sp³-hybridized carbons (Fsp3) is 0.143. The molecule has 7 nitrogen and oxygen atoms in total. The SMILES string of the molecule is Cc1ccc(S(=O)(=O)N(C)c2ccc(C(=O)N/N=C\c3cc(C)n(-c4cc(Cl)ccc4Cl)c3C)cc2)cc1. The van der Waals surface area contributed by atoms with Crippen molar-refractivity contribution in [2.45, 2.75) is 25.7 Å². The number of amides is 1. The molecule has 0 aliphatic heterocycles. The number of hydrogen-bond donors (Lipinski definition) is 1. The van der Waals surface area contributed by atoms with Gasteiger partial charge in [-0.3, -0.25) is 9.10 Å². The van der Waals surface area contributed by atoms with Gasteiger partial charge in [0, 0.05) is 34.6 Å². The Hall–Kier alpha value is -3.59. The lowest BCUT2D eigenvalue weighted by Crippen LogP contribution is -2.26. The number of carbonyl (C=O) groups is 1. The van der Waals surface area contributed by atoms with Crippen molar-refractivity contribution >= 4 is 51.0 Å². The van der Waals surface area contributed by atoms with Crippen LogP contribution < -0.4 is 9.73 Å². The molecule has 1 heterocycles. The number of sulfonamides is 1. The van der Waals surface area contributed by atoms with Crippen molar-refractivity contribution in [3.63, 3.8) is 0 Å². The molecule has 4 aromatic rings. The van der Waals surface area contributed by atoms with Crippen molar-refractivity contribution in [3.05, 3.63) is 111 Å². The maximum Gasteiger partial charge on any atom is 0.271 e. The molecule has 4 rings (SSSR count). The van der Waals surface area contributed by atoms with Crippen LogP contribution in [0.3, 0.4) is 0 Å². The Labute approximate surface area is 232 Å². The van der Waals surface area contributed by atoms with Crippen LogP contribution in [0.2, 0.25) is 10.0 Å². The molecule has 196 valence electrons. The van der Waals surface area contributed by atoms with E-state index in [1.807, 2.05) is 31.4 Å². The summed E-state index contributed by atoms with van der Waals surface area (Å²) in [5.74, 6) is -0.427. The van der Waals surface area contributed by atoms with Crippen LogP contribution in [-0.2, 0) is 10.0 Å². The fourth-order valence-corrected chi connectivity index (χ4v) is 5.56. The van der Waals surface area contributed by atoms with Crippen molar-refractivity contribution in [1.29, 1.82) is 0 Å². The maximum atomic E-state index is 12.9. The highest BCUT2D eigenvalue weighted by atomic mass is 35.5. The molecule has 0 bridgehead atoms. The number of benzene rings is 3. The topological polar surface area (TPSA) is 83.8 Å². The van der Waals surface area contributed by atoms with Crippen LogP contribution >= 0.6 is 23.2 Å². The van der Waals surface area contributed by atoms with E-state index in [0.29, 0.717) is 21.3 Å². The fourth-order valence-electron chi connectivity index (χ4n) is 4.00. The highest BCUT2D eigenvalue weighted by Crippen LogP contribution is 2.28. The molecular formula is C28H26Cl2N4O3S. The first-order valence-corrected chi connectivity index (χ1v) is 13.8. The van der Waals surface area contributed by atoms with E-state index in [2.05, 4.69) is 10.5 Å². The standard InChI is InChI=1S/C28H26Cl2N4O3S/c1-18-5-12-25(13-6-18)38(36,37)33(4)24-10-7-21(8-11-24)28(35)32-31-17-22-15-19(2)34(20(22)3)27-16-23(29)9-14-26(27)30/h5-17H,1-4H3,(H,32,35)/b31-17-. The van der Waals surface area contributed by atoms with Gasteiger partial charge in [0.2, 0.25) is 0 Å². The molecule has 38 heavy (non-hydrogen) atoms. The molecule has 0 radical (unpaired) electrons. The molecule has 0 saturated carbocycles. The summed E-state index contributed by atoms with van der Waals surface area (Å²) in [6.45, 7) is 5.76. The van der Waals surface area contributed by atoms with E-state index >= 15 is 0 Å². The van der Waals surface area contributed by atoms with Gasteiger partial charge in [0.1, 0.15) is 0 Å². The summed E-state index contributed by atoms with van der Waals surface area (Å²) in [6, 6.07) is 20.1. The van der Waals surface area contributed by atoms with Gasteiger partial charge < -0.3 is 4.57 Å². The minimum atomic E-state index is -3.73. The second kappa shape index (κ2) is 11.0. The zero-order valence-corrected chi connectivity index (χ0v) is 23.6. The van der Waals surface area contributed by atoms with E-state index in [1.54, 1.807) is 72.9 Å². The summed E-state index contributed by atoms with van der Waals surface area (Å²) in [7, 11) is -2.25. The Morgan fingerprint density at radius 3 is 2.26 bits per heavy atom. The Kier molecular flexibility index (Phi) is 7.97. The number of nitrogens with zero attached hydrogens (tertiary/aromatic N) is 3. The van der Waals surface area contributed by atoms with Gasteiger partial charge in [0.25, 0.3) is 15.9 Å². The third-order valence-corrected chi connectivity index (χ3v) is 8.52. The van der Waals surface area contributed by atoms with Crippen LogP contribution in [0.15, 0.2) is 82.8 Å². The second-order valence-corrected chi connectivity index (χ2v) is 11.6. The van der Waals surface area contributed by atoms with E-state index in [9.17, 15) is 13.2 Å². The molecular weight excluding hydrogens is 543 g/mol. The van der Waals surface area contributed by atoms with Crippen LogP contribution in [0.25, 0.3) is 5.69 Å². The Morgan fingerprint density at radius 1 is 0.947 bits per heavy atom. The first kappa shape index (κ1) is 27.4. The lowest BCUT2D eigenvalue weighted by Gasteiger charge is -2.19. The lowest BCUT2D eigenvalue weighted by molar-refractivity contribution is 0.0955. The molecule has 0 spiro atoms. The predicted molar refractivity (Wildman–Crippen MR) is 154 cm³/mol. The van der Waals surface area contributed by atoms with Crippen molar-refractivity contribution < 1.29 is 13.2 Å². The van der Waals surface area contributed by atoms with Crippen LogP contribution in [0, 0.1) is 20.8 Å². The predicted octanol–water partition coefficient (Wildman–Crippen LogP) is 6.30. The van der Waals surface area contributed by atoms with Crippen molar-refractivity contribution in [1.82, 2.24) is 9.99 Å². The molecule has 0 atom stereocenters. The van der Waals surface area contributed by atoms with Gasteiger partial charge in [-0.05, 0) is 81.4 Å². The first-order chi connectivity index (χ1) is 18.0. The van der Waals surface area contributed by atoms with Gasteiger partial charge in [-0.2, -0.15) is 5.10 Å². The second-order valence-electron chi connectivity index (χ2n) is 8.79. The normalized spacial score (nSPS) is 11.6. The monoisotopic (exact) mass is 568 g/mol. The summed E-state index contributed by atoms with van der Waals surface area (Å²) < 4.78 is 29.0. The van der Waals surface area contributed by atoms with Crippen molar-refractivity contribution in [3.8, 4) is 5.69 Å². The number of aryl methyl sites for hydroxylation is 2.